The van der Waals surface area contributed by atoms with E-state index in [0.29, 0.717) is 12.4 Å². The van der Waals surface area contributed by atoms with Crippen LogP contribution in [0.2, 0.25) is 0 Å². The number of nitrogens with zero attached hydrogens (tertiary/aromatic N) is 2. The van der Waals surface area contributed by atoms with Gasteiger partial charge in [0, 0.05) is 19.7 Å². The second kappa shape index (κ2) is 5.18. The summed E-state index contributed by atoms with van der Waals surface area (Å²) in [5.74, 6) is 0.653. The van der Waals surface area contributed by atoms with Crippen LogP contribution in [-0.4, -0.2) is 31.0 Å². The Kier molecular flexibility index (Phi) is 3.62. The molecule has 1 aromatic heterocycles. The van der Waals surface area contributed by atoms with Crippen molar-refractivity contribution in [1.29, 1.82) is 0 Å². The number of rotatable bonds is 4. The van der Waals surface area contributed by atoms with Crippen molar-refractivity contribution >= 4 is 22.7 Å². The van der Waals surface area contributed by atoms with E-state index in [1.807, 2.05) is 25.1 Å². The van der Waals surface area contributed by atoms with E-state index in [1.165, 1.54) is 0 Å². The Morgan fingerprint density at radius 1 is 1.50 bits per heavy atom. The molecule has 1 N–H and O–H groups in total. The average Bonchev–Trinajstić information content (AvgIpc) is 2.73. The normalized spacial score (nSPS) is 10.8. The molecule has 0 saturated carbocycles. The van der Waals surface area contributed by atoms with Crippen LogP contribution in [0.3, 0.4) is 0 Å². The van der Waals surface area contributed by atoms with Crippen LogP contribution in [0, 0.1) is 6.92 Å². The summed E-state index contributed by atoms with van der Waals surface area (Å²) < 4.78 is 5.40. The highest BCUT2D eigenvalue weighted by Gasteiger charge is 2.12. The predicted octanol–water partition coefficient (Wildman–Crippen LogP) is 1.71. The van der Waals surface area contributed by atoms with Gasteiger partial charge in [-0.05, 0) is 24.7 Å². The van der Waals surface area contributed by atoms with E-state index in [1.54, 1.807) is 18.9 Å². The second-order valence-corrected chi connectivity index (χ2v) is 4.12. The van der Waals surface area contributed by atoms with E-state index in [4.69, 9.17) is 4.42 Å². The van der Waals surface area contributed by atoms with Gasteiger partial charge in [0.1, 0.15) is 5.52 Å². The SMILES string of the molecule is CCNCC(=O)N(C)c1ccc2oc(C)nc2c1. The van der Waals surface area contributed by atoms with E-state index >= 15 is 0 Å². The monoisotopic (exact) mass is 247 g/mol. The standard InChI is InChI=1S/C13H17N3O2/c1-4-14-8-13(17)16(3)10-5-6-12-11(7-10)15-9(2)18-12/h5-7,14H,4,8H2,1-3H3. The molecule has 0 radical (unpaired) electrons. The highest BCUT2D eigenvalue weighted by molar-refractivity contribution is 5.95. The lowest BCUT2D eigenvalue weighted by atomic mass is 10.2. The molecule has 0 aliphatic rings. The molecule has 1 heterocycles. The zero-order valence-corrected chi connectivity index (χ0v) is 10.9. The molecular weight excluding hydrogens is 230 g/mol. The lowest BCUT2D eigenvalue weighted by molar-refractivity contribution is -0.117. The Morgan fingerprint density at radius 2 is 2.28 bits per heavy atom. The first-order valence-corrected chi connectivity index (χ1v) is 5.96. The zero-order valence-electron chi connectivity index (χ0n) is 10.9. The number of benzene rings is 1. The van der Waals surface area contributed by atoms with E-state index in [2.05, 4.69) is 10.3 Å². The number of carbonyl (C=O) groups excluding carboxylic acids is 1. The number of aryl methyl sites for hydroxylation is 1. The number of aromatic nitrogens is 1. The summed E-state index contributed by atoms with van der Waals surface area (Å²) in [7, 11) is 1.76. The largest absolute Gasteiger partial charge is 0.441 e. The zero-order chi connectivity index (χ0) is 13.1. The molecule has 96 valence electrons. The smallest absolute Gasteiger partial charge is 0.240 e. The summed E-state index contributed by atoms with van der Waals surface area (Å²) in [6.45, 7) is 4.89. The number of amides is 1. The topological polar surface area (TPSA) is 58.4 Å². The third kappa shape index (κ3) is 2.51. The minimum absolute atomic E-state index is 0.0245. The summed E-state index contributed by atoms with van der Waals surface area (Å²) in [4.78, 5) is 17.7. The summed E-state index contributed by atoms with van der Waals surface area (Å²) in [5.41, 5.74) is 2.33. The molecule has 5 heteroatoms. The van der Waals surface area contributed by atoms with Gasteiger partial charge in [-0.15, -0.1) is 0 Å². The van der Waals surface area contributed by atoms with Crippen molar-refractivity contribution in [2.45, 2.75) is 13.8 Å². The van der Waals surface area contributed by atoms with Crippen molar-refractivity contribution in [2.24, 2.45) is 0 Å². The predicted molar refractivity (Wildman–Crippen MR) is 70.7 cm³/mol. The summed E-state index contributed by atoms with van der Waals surface area (Å²) in [5, 5.41) is 3.01. The van der Waals surface area contributed by atoms with Gasteiger partial charge in [0.15, 0.2) is 11.5 Å². The Balaban J connectivity index is 2.21. The number of fused-ring (bicyclic) bond motifs is 1. The highest BCUT2D eigenvalue weighted by atomic mass is 16.3. The van der Waals surface area contributed by atoms with Crippen molar-refractivity contribution < 1.29 is 9.21 Å². The van der Waals surface area contributed by atoms with E-state index in [-0.39, 0.29) is 5.91 Å². The van der Waals surface area contributed by atoms with Gasteiger partial charge in [-0.3, -0.25) is 4.79 Å². The van der Waals surface area contributed by atoms with Gasteiger partial charge >= 0.3 is 0 Å². The lowest BCUT2D eigenvalue weighted by Crippen LogP contribution is -2.35. The molecule has 1 amide bonds. The second-order valence-electron chi connectivity index (χ2n) is 4.12. The maximum atomic E-state index is 11.9. The lowest BCUT2D eigenvalue weighted by Gasteiger charge is -2.17. The summed E-state index contributed by atoms with van der Waals surface area (Å²) >= 11 is 0. The first-order valence-electron chi connectivity index (χ1n) is 5.96. The van der Waals surface area contributed by atoms with Crippen LogP contribution in [0.4, 0.5) is 5.69 Å². The van der Waals surface area contributed by atoms with Crippen LogP contribution in [0.25, 0.3) is 11.1 Å². The third-order valence-corrected chi connectivity index (χ3v) is 2.77. The molecule has 0 saturated heterocycles. The van der Waals surface area contributed by atoms with Crippen LogP contribution in [0.1, 0.15) is 12.8 Å². The minimum Gasteiger partial charge on any atom is -0.441 e. The van der Waals surface area contributed by atoms with Gasteiger partial charge in [0.05, 0.1) is 6.54 Å². The van der Waals surface area contributed by atoms with Crippen LogP contribution < -0.4 is 10.2 Å². The maximum Gasteiger partial charge on any atom is 0.240 e. The molecule has 0 spiro atoms. The minimum atomic E-state index is 0.0245. The van der Waals surface area contributed by atoms with E-state index < -0.39 is 0 Å². The quantitative estimate of drug-likeness (QED) is 0.893. The summed E-state index contributed by atoms with van der Waals surface area (Å²) in [6.07, 6.45) is 0. The fourth-order valence-electron chi connectivity index (χ4n) is 1.73. The van der Waals surface area contributed by atoms with Gasteiger partial charge in [0.25, 0.3) is 0 Å². The molecule has 0 bridgehead atoms. The molecule has 0 atom stereocenters. The molecule has 2 rings (SSSR count). The van der Waals surface area contributed by atoms with Crippen molar-refractivity contribution in [2.75, 3.05) is 25.0 Å². The fraction of sp³-hybridized carbons (Fsp3) is 0.385. The molecule has 0 aliphatic carbocycles. The number of anilines is 1. The first-order chi connectivity index (χ1) is 8.61. The van der Waals surface area contributed by atoms with Gasteiger partial charge in [-0.1, -0.05) is 6.92 Å². The Morgan fingerprint density at radius 3 is 3.00 bits per heavy atom. The van der Waals surface area contributed by atoms with Crippen molar-refractivity contribution in [1.82, 2.24) is 10.3 Å². The van der Waals surface area contributed by atoms with Gasteiger partial charge in [0.2, 0.25) is 5.91 Å². The molecule has 2 aromatic rings. The average molecular weight is 247 g/mol. The van der Waals surface area contributed by atoms with Gasteiger partial charge < -0.3 is 14.6 Å². The maximum absolute atomic E-state index is 11.9. The molecule has 0 unspecified atom stereocenters. The van der Waals surface area contributed by atoms with Crippen molar-refractivity contribution in [3.63, 3.8) is 0 Å². The molecule has 18 heavy (non-hydrogen) atoms. The Bertz CT molecular complexity index is 562. The molecular formula is C13H17N3O2. The summed E-state index contributed by atoms with van der Waals surface area (Å²) in [6, 6.07) is 5.55. The van der Waals surface area contributed by atoms with E-state index in [9.17, 15) is 4.79 Å². The van der Waals surface area contributed by atoms with Crippen LogP contribution >= 0.6 is 0 Å². The number of nitrogens with one attached hydrogen (secondary N) is 1. The number of carbonyl (C=O) groups is 1. The number of hydrogen-bond donors (Lipinski definition) is 1. The van der Waals surface area contributed by atoms with Gasteiger partial charge in [-0.25, -0.2) is 4.98 Å². The number of likely N-dealkylation sites (N-methyl/N-ethyl adjacent to an activating group) is 2. The number of hydrogen-bond acceptors (Lipinski definition) is 4. The fourth-order valence-corrected chi connectivity index (χ4v) is 1.73. The third-order valence-electron chi connectivity index (χ3n) is 2.77. The molecule has 0 fully saturated rings. The molecule has 0 aliphatic heterocycles. The first kappa shape index (κ1) is 12.6. The van der Waals surface area contributed by atoms with Crippen molar-refractivity contribution in [3.8, 4) is 0 Å². The van der Waals surface area contributed by atoms with Crippen LogP contribution in [0.15, 0.2) is 22.6 Å². The molecule has 5 nitrogen and oxygen atoms in total. The molecule has 1 aromatic carbocycles. The Hall–Kier alpha value is -1.88. The van der Waals surface area contributed by atoms with Crippen LogP contribution in [0.5, 0.6) is 0 Å². The number of oxazole rings is 1. The highest BCUT2D eigenvalue weighted by Crippen LogP contribution is 2.21. The van der Waals surface area contributed by atoms with Gasteiger partial charge in [-0.2, -0.15) is 0 Å². The van der Waals surface area contributed by atoms with E-state index in [0.717, 1.165) is 23.3 Å². The Labute approximate surface area is 106 Å². The van der Waals surface area contributed by atoms with Crippen LogP contribution in [-0.2, 0) is 4.79 Å². The van der Waals surface area contributed by atoms with Crippen molar-refractivity contribution in [3.05, 3.63) is 24.1 Å².